The topological polar surface area (TPSA) is 63.6 Å². The lowest BCUT2D eigenvalue weighted by atomic mass is 9.87. The van der Waals surface area contributed by atoms with Crippen LogP contribution in [0.3, 0.4) is 0 Å². The third-order valence-electron chi connectivity index (χ3n) is 4.83. The van der Waals surface area contributed by atoms with E-state index >= 15 is 0 Å². The van der Waals surface area contributed by atoms with Crippen molar-refractivity contribution in [2.24, 2.45) is 0 Å². The molecule has 1 atom stereocenters. The quantitative estimate of drug-likeness (QED) is 0.470. The zero-order chi connectivity index (χ0) is 20.0. The van der Waals surface area contributed by atoms with E-state index < -0.39 is 5.97 Å². The summed E-state index contributed by atoms with van der Waals surface area (Å²) in [5.74, 6) is -0.392. The maximum absolute atomic E-state index is 11.4. The van der Waals surface area contributed by atoms with Gasteiger partial charge in [0.2, 0.25) is 0 Å². The lowest BCUT2D eigenvalue weighted by Gasteiger charge is -2.19. The molecule has 2 aromatic rings. The van der Waals surface area contributed by atoms with Gasteiger partial charge in [-0.15, -0.1) is 0 Å². The largest absolute Gasteiger partial charge is 0.478 e. The van der Waals surface area contributed by atoms with Gasteiger partial charge in [0.1, 0.15) is 5.75 Å². The van der Waals surface area contributed by atoms with Gasteiger partial charge in [-0.3, -0.25) is 4.79 Å². The van der Waals surface area contributed by atoms with Crippen molar-refractivity contribution >= 4 is 11.9 Å². The summed E-state index contributed by atoms with van der Waals surface area (Å²) in [5.41, 5.74) is 4.33. The number of aryl methyl sites for hydroxylation is 1. The number of carboxylic acid groups (broad SMARTS) is 1. The fourth-order valence-electron chi connectivity index (χ4n) is 3.37. The molecule has 0 heterocycles. The number of esters is 1. The lowest BCUT2D eigenvalue weighted by Crippen LogP contribution is -2.05. The molecule has 144 valence electrons. The molecule has 0 radical (unpaired) electrons. The average molecular weight is 368 g/mol. The third-order valence-corrected chi connectivity index (χ3v) is 4.83. The Hall–Kier alpha value is -2.62. The van der Waals surface area contributed by atoms with Crippen molar-refractivity contribution in [1.29, 1.82) is 0 Å². The second kappa shape index (κ2) is 9.36. The highest BCUT2D eigenvalue weighted by molar-refractivity contribution is 5.90. The van der Waals surface area contributed by atoms with Gasteiger partial charge in [0.25, 0.3) is 0 Å². The summed E-state index contributed by atoms with van der Waals surface area (Å²) in [4.78, 5) is 22.7. The van der Waals surface area contributed by atoms with Crippen molar-refractivity contribution < 1.29 is 19.4 Å². The molecule has 0 aliphatic heterocycles. The van der Waals surface area contributed by atoms with Gasteiger partial charge in [0, 0.05) is 6.92 Å². The molecule has 0 aromatic heterocycles. The third kappa shape index (κ3) is 5.19. The van der Waals surface area contributed by atoms with E-state index in [4.69, 9.17) is 4.74 Å². The molecule has 2 aromatic carbocycles. The van der Waals surface area contributed by atoms with Gasteiger partial charge in [0.15, 0.2) is 0 Å². The second-order valence-electron chi connectivity index (χ2n) is 6.92. The predicted octanol–water partition coefficient (Wildman–Crippen LogP) is 5.83. The Kier molecular flexibility index (Phi) is 7.17. The van der Waals surface area contributed by atoms with Crippen LogP contribution in [0.4, 0.5) is 0 Å². The van der Waals surface area contributed by atoms with Crippen LogP contribution in [0, 0.1) is 0 Å². The summed E-state index contributed by atoms with van der Waals surface area (Å²) in [5, 5.41) is 9.37. The number of carbonyl (C=O) groups is 2. The first-order valence-corrected chi connectivity index (χ1v) is 9.56. The van der Waals surface area contributed by atoms with Crippen LogP contribution in [-0.4, -0.2) is 17.0 Å². The molecule has 0 fully saturated rings. The smallest absolute Gasteiger partial charge is 0.335 e. The maximum Gasteiger partial charge on any atom is 0.335 e. The minimum atomic E-state index is -0.903. The second-order valence-corrected chi connectivity index (χ2v) is 6.92. The number of benzene rings is 2. The monoisotopic (exact) mass is 368 g/mol. The molecule has 2 rings (SSSR count). The van der Waals surface area contributed by atoms with Crippen LogP contribution < -0.4 is 4.74 Å². The van der Waals surface area contributed by atoms with E-state index in [1.165, 1.54) is 6.92 Å². The number of hydrogen-bond donors (Lipinski definition) is 1. The molecular formula is C23H28O4. The van der Waals surface area contributed by atoms with Gasteiger partial charge in [-0.1, -0.05) is 51.8 Å². The minimum Gasteiger partial charge on any atom is -0.478 e. The van der Waals surface area contributed by atoms with Gasteiger partial charge in [0.05, 0.1) is 5.56 Å². The number of ether oxygens (including phenoxy) is 1. The highest BCUT2D eigenvalue weighted by Gasteiger charge is 2.16. The van der Waals surface area contributed by atoms with Crippen molar-refractivity contribution in [3.05, 3.63) is 53.1 Å². The first-order valence-electron chi connectivity index (χ1n) is 9.56. The fourth-order valence-corrected chi connectivity index (χ4v) is 3.37. The Labute approximate surface area is 161 Å². The van der Waals surface area contributed by atoms with Gasteiger partial charge < -0.3 is 9.84 Å². The van der Waals surface area contributed by atoms with Gasteiger partial charge >= 0.3 is 11.9 Å². The molecule has 27 heavy (non-hydrogen) atoms. The molecule has 0 bridgehead atoms. The Morgan fingerprint density at radius 3 is 2.44 bits per heavy atom. The molecule has 0 aliphatic rings. The molecule has 0 spiro atoms. The zero-order valence-electron chi connectivity index (χ0n) is 16.5. The molecule has 4 nitrogen and oxygen atoms in total. The van der Waals surface area contributed by atoms with E-state index in [1.807, 2.05) is 31.2 Å². The van der Waals surface area contributed by atoms with E-state index in [2.05, 4.69) is 13.8 Å². The summed E-state index contributed by atoms with van der Waals surface area (Å²) >= 11 is 0. The van der Waals surface area contributed by atoms with Gasteiger partial charge in [-0.2, -0.15) is 0 Å². The van der Waals surface area contributed by atoms with E-state index in [0.29, 0.717) is 23.7 Å². The lowest BCUT2D eigenvalue weighted by molar-refractivity contribution is -0.131. The highest BCUT2D eigenvalue weighted by atomic mass is 16.5. The molecule has 0 aliphatic carbocycles. The van der Waals surface area contributed by atoms with E-state index in [1.54, 1.807) is 12.1 Å². The van der Waals surface area contributed by atoms with Crippen molar-refractivity contribution in [2.45, 2.75) is 59.3 Å². The average Bonchev–Trinajstić information content (AvgIpc) is 2.64. The summed E-state index contributed by atoms with van der Waals surface area (Å²) in [6.07, 6.45) is 3.94. The highest BCUT2D eigenvalue weighted by Crippen LogP contribution is 2.35. The van der Waals surface area contributed by atoms with Gasteiger partial charge in [-0.25, -0.2) is 4.79 Å². The van der Waals surface area contributed by atoms with Crippen molar-refractivity contribution in [3.8, 4) is 16.9 Å². The first kappa shape index (κ1) is 20.7. The summed E-state index contributed by atoms with van der Waals surface area (Å²) in [7, 11) is 0. The standard InChI is InChI=1S/C23H28O4/c1-5-7-8-15(3)22-14-19(27-16(4)24)10-12-20(22)18-9-11-21(23(25)26)17(6-2)13-18/h9-15H,5-8H2,1-4H3,(H,25,26)/t15-/m1/s1. The molecular weight excluding hydrogens is 340 g/mol. The SMILES string of the molecule is CCCC[C@@H](C)c1cc(OC(C)=O)ccc1-c1ccc(C(=O)O)c(CC)c1. The maximum atomic E-state index is 11.4. The van der Waals surface area contributed by atoms with Crippen LogP contribution in [0.1, 0.15) is 74.4 Å². The normalized spacial score (nSPS) is 11.9. The Balaban J connectivity index is 2.54. The van der Waals surface area contributed by atoms with Crippen molar-refractivity contribution in [1.82, 2.24) is 0 Å². The van der Waals surface area contributed by atoms with Crippen LogP contribution >= 0.6 is 0 Å². The van der Waals surface area contributed by atoms with Crippen LogP contribution in [-0.2, 0) is 11.2 Å². The minimum absolute atomic E-state index is 0.305. The number of unbranched alkanes of at least 4 members (excludes halogenated alkanes) is 1. The number of rotatable bonds is 8. The van der Waals surface area contributed by atoms with Crippen LogP contribution in [0.15, 0.2) is 36.4 Å². The van der Waals surface area contributed by atoms with Crippen molar-refractivity contribution in [3.63, 3.8) is 0 Å². The molecule has 0 saturated carbocycles. The summed E-state index contributed by atoms with van der Waals surface area (Å²) in [6.45, 7) is 7.70. The fraction of sp³-hybridized carbons (Fsp3) is 0.391. The van der Waals surface area contributed by atoms with E-state index in [9.17, 15) is 14.7 Å². The summed E-state index contributed by atoms with van der Waals surface area (Å²) < 4.78 is 5.28. The summed E-state index contributed by atoms with van der Waals surface area (Å²) in [6, 6.07) is 11.2. The van der Waals surface area contributed by atoms with Crippen LogP contribution in [0.2, 0.25) is 0 Å². The molecule has 0 unspecified atom stereocenters. The van der Waals surface area contributed by atoms with E-state index in [-0.39, 0.29) is 5.97 Å². The molecule has 0 saturated heterocycles. The van der Waals surface area contributed by atoms with Gasteiger partial charge in [-0.05, 0) is 59.2 Å². The number of aromatic carboxylic acids is 1. The van der Waals surface area contributed by atoms with Crippen molar-refractivity contribution in [2.75, 3.05) is 0 Å². The predicted molar refractivity (Wildman–Crippen MR) is 107 cm³/mol. The number of hydrogen-bond acceptors (Lipinski definition) is 3. The molecule has 0 amide bonds. The first-order chi connectivity index (χ1) is 12.9. The Morgan fingerprint density at radius 1 is 1.11 bits per heavy atom. The number of carboxylic acids is 1. The molecule has 4 heteroatoms. The number of carbonyl (C=O) groups excluding carboxylic acids is 1. The van der Waals surface area contributed by atoms with Crippen LogP contribution in [0.5, 0.6) is 5.75 Å². The Morgan fingerprint density at radius 2 is 1.85 bits per heavy atom. The molecule has 1 N–H and O–H groups in total. The zero-order valence-corrected chi connectivity index (χ0v) is 16.5. The Bertz CT molecular complexity index is 823. The van der Waals surface area contributed by atoms with Crippen LogP contribution in [0.25, 0.3) is 11.1 Å². The van der Waals surface area contributed by atoms with E-state index in [0.717, 1.165) is 41.5 Å².